The Morgan fingerprint density at radius 3 is 2.70 bits per heavy atom. The number of methoxy groups -OCH3 is 1. The summed E-state index contributed by atoms with van der Waals surface area (Å²) in [5.74, 6) is 0.967. The minimum atomic E-state index is 0.967. The SMILES string of the molecule is COc1cc(C)c(-c2cccc3c2CCCN3)cc1C. The molecular formula is C18H21NO. The highest BCUT2D eigenvalue weighted by Crippen LogP contribution is 2.36. The molecule has 1 heterocycles. The molecule has 0 amide bonds. The molecule has 3 rings (SSSR count). The Hall–Kier alpha value is -1.96. The number of fused-ring (bicyclic) bond motifs is 1. The number of rotatable bonds is 2. The summed E-state index contributed by atoms with van der Waals surface area (Å²) >= 11 is 0. The third-order valence-electron chi connectivity index (χ3n) is 4.13. The number of aryl methyl sites for hydroxylation is 2. The van der Waals surface area contributed by atoms with Crippen molar-refractivity contribution in [3.63, 3.8) is 0 Å². The van der Waals surface area contributed by atoms with Crippen molar-refractivity contribution in [1.82, 2.24) is 0 Å². The summed E-state index contributed by atoms with van der Waals surface area (Å²) in [6.45, 7) is 5.35. The molecule has 0 bridgehead atoms. The molecule has 2 aromatic rings. The predicted octanol–water partition coefficient (Wildman–Crippen LogP) is 4.34. The zero-order chi connectivity index (χ0) is 14.1. The highest BCUT2D eigenvalue weighted by atomic mass is 16.5. The summed E-state index contributed by atoms with van der Waals surface area (Å²) in [4.78, 5) is 0. The van der Waals surface area contributed by atoms with E-state index in [4.69, 9.17) is 4.74 Å². The lowest BCUT2D eigenvalue weighted by Crippen LogP contribution is -2.12. The number of nitrogens with one attached hydrogen (secondary N) is 1. The summed E-state index contributed by atoms with van der Waals surface area (Å²) < 4.78 is 5.42. The maximum atomic E-state index is 5.42. The first-order valence-electron chi connectivity index (χ1n) is 7.22. The second-order valence-electron chi connectivity index (χ2n) is 5.50. The van der Waals surface area contributed by atoms with Crippen LogP contribution in [-0.2, 0) is 6.42 Å². The zero-order valence-electron chi connectivity index (χ0n) is 12.4. The van der Waals surface area contributed by atoms with Gasteiger partial charge in [-0.15, -0.1) is 0 Å². The van der Waals surface area contributed by atoms with Gasteiger partial charge in [0.15, 0.2) is 0 Å². The molecule has 1 aliphatic rings. The van der Waals surface area contributed by atoms with Gasteiger partial charge in [0, 0.05) is 12.2 Å². The van der Waals surface area contributed by atoms with Crippen LogP contribution in [0.5, 0.6) is 5.75 Å². The Balaban J connectivity index is 2.16. The lowest BCUT2D eigenvalue weighted by atomic mass is 9.90. The lowest BCUT2D eigenvalue weighted by molar-refractivity contribution is 0.411. The van der Waals surface area contributed by atoms with Crippen molar-refractivity contribution in [1.29, 1.82) is 0 Å². The molecule has 2 nitrogen and oxygen atoms in total. The molecule has 2 aromatic carbocycles. The van der Waals surface area contributed by atoms with Gasteiger partial charge in [-0.2, -0.15) is 0 Å². The summed E-state index contributed by atoms with van der Waals surface area (Å²) in [6, 6.07) is 11.0. The van der Waals surface area contributed by atoms with Gasteiger partial charge in [0.25, 0.3) is 0 Å². The van der Waals surface area contributed by atoms with Gasteiger partial charge in [0.1, 0.15) is 5.75 Å². The molecule has 0 unspecified atom stereocenters. The van der Waals surface area contributed by atoms with Crippen molar-refractivity contribution in [2.24, 2.45) is 0 Å². The summed E-state index contributed by atoms with van der Waals surface area (Å²) in [6.07, 6.45) is 2.36. The predicted molar refractivity (Wildman–Crippen MR) is 84.7 cm³/mol. The van der Waals surface area contributed by atoms with E-state index in [0.717, 1.165) is 18.7 Å². The highest BCUT2D eigenvalue weighted by Gasteiger charge is 2.15. The van der Waals surface area contributed by atoms with E-state index in [0.29, 0.717) is 0 Å². The van der Waals surface area contributed by atoms with Gasteiger partial charge < -0.3 is 10.1 Å². The van der Waals surface area contributed by atoms with Crippen LogP contribution in [0.25, 0.3) is 11.1 Å². The van der Waals surface area contributed by atoms with Gasteiger partial charge in [-0.3, -0.25) is 0 Å². The molecule has 0 saturated carbocycles. The topological polar surface area (TPSA) is 21.3 Å². The van der Waals surface area contributed by atoms with Crippen LogP contribution >= 0.6 is 0 Å². The van der Waals surface area contributed by atoms with Gasteiger partial charge in [-0.05, 0) is 72.7 Å². The van der Waals surface area contributed by atoms with Crippen molar-refractivity contribution in [2.75, 3.05) is 19.0 Å². The first kappa shape index (κ1) is 13.0. The standard InChI is InChI=1S/C18H21NO/c1-12-11-18(20-3)13(2)10-16(12)14-6-4-8-17-15(14)7-5-9-19-17/h4,6,8,10-11,19H,5,7,9H2,1-3H3. The summed E-state index contributed by atoms with van der Waals surface area (Å²) in [5, 5.41) is 3.50. The van der Waals surface area contributed by atoms with Crippen LogP contribution < -0.4 is 10.1 Å². The van der Waals surface area contributed by atoms with Crippen molar-refractivity contribution < 1.29 is 4.74 Å². The first-order chi connectivity index (χ1) is 9.70. The van der Waals surface area contributed by atoms with Gasteiger partial charge in [-0.25, -0.2) is 0 Å². The molecule has 0 fully saturated rings. The molecule has 104 valence electrons. The van der Waals surface area contributed by atoms with E-state index in [1.54, 1.807) is 7.11 Å². The number of ether oxygens (including phenoxy) is 1. The quantitative estimate of drug-likeness (QED) is 0.874. The van der Waals surface area contributed by atoms with Gasteiger partial charge in [-0.1, -0.05) is 12.1 Å². The van der Waals surface area contributed by atoms with E-state index in [1.165, 1.54) is 39.9 Å². The van der Waals surface area contributed by atoms with Crippen LogP contribution in [0.2, 0.25) is 0 Å². The van der Waals surface area contributed by atoms with Crippen molar-refractivity contribution in [2.45, 2.75) is 26.7 Å². The largest absolute Gasteiger partial charge is 0.496 e. The fourth-order valence-corrected chi connectivity index (χ4v) is 3.06. The minimum absolute atomic E-state index is 0.967. The highest BCUT2D eigenvalue weighted by molar-refractivity contribution is 5.78. The normalized spacial score (nSPS) is 13.6. The Morgan fingerprint density at radius 1 is 1.05 bits per heavy atom. The number of hydrogen-bond donors (Lipinski definition) is 1. The van der Waals surface area contributed by atoms with Crippen LogP contribution in [0.4, 0.5) is 5.69 Å². The third kappa shape index (κ3) is 2.15. The van der Waals surface area contributed by atoms with Crippen LogP contribution in [0.15, 0.2) is 30.3 Å². The van der Waals surface area contributed by atoms with E-state index in [2.05, 4.69) is 49.5 Å². The molecule has 1 aliphatic heterocycles. The minimum Gasteiger partial charge on any atom is -0.496 e. The van der Waals surface area contributed by atoms with Crippen LogP contribution in [0.3, 0.4) is 0 Å². The van der Waals surface area contributed by atoms with E-state index < -0.39 is 0 Å². The molecule has 20 heavy (non-hydrogen) atoms. The van der Waals surface area contributed by atoms with E-state index in [-0.39, 0.29) is 0 Å². The van der Waals surface area contributed by atoms with E-state index >= 15 is 0 Å². The van der Waals surface area contributed by atoms with Crippen molar-refractivity contribution >= 4 is 5.69 Å². The van der Waals surface area contributed by atoms with Gasteiger partial charge >= 0.3 is 0 Å². The van der Waals surface area contributed by atoms with Crippen LogP contribution in [-0.4, -0.2) is 13.7 Å². The average Bonchev–Trinajstić information content (AvgIpc) is 2.48. The molecule has 2 heteroatoms. The molecule has 0 aromatic heterocycles. The Kier molecular flexibility index (Phi) is 3.39. The Morgan fingerprint density at radius 2 is 1.90 bits per heavy atom. The number of anilines is 1. The first-order valence-corrected chi connectivity index (χ1v) is 7.22. The molecule has 0 atom stereocenters. The fraction of sp³-hybridized carbons (Fsp3) is 0.333. The molecule has 0 radical (unpaired) electrons. The number of hydrogen-bond acceptors (Lipinski definition) is 2. The van der Waals surface area contributed by atoms with Crippen molar-refractivity contribution in [3.8, 4) is 16.9 Å². The van der Waals surface area contributed by atoms with E-state index in [1.807, 2.05) is 0 Å². The zero-order valence-corrected chi connectivity index (χ0v) is 12.4. The molecule has 0 saturated heterocycles. The second kappa shape index (κ2) is 5.20. The fourth-order valence-electron chi connectivity index (χ4n) is 3.06. The maximum Gasteiger partial charge on any atom is 0.122 e. The monoisotopic (exact) mass is 267 g/mol. The average molecular weight is 267 g/mol. The number of benzene rings is 2. The second-order valence-corrected chi connectivity index (χ2v) is 5.50. The van der Waals surface area contributed by atoms with Crippen LogP contribution in [0, 0.1) is 13.8 Å². The summed E-state index contributed by atoms with van der Waals surface area (Å²) in [5.41, 5.74) is 7.88. The lowest BCUT2D eigenvalue weighted by Gasteiger charge is -2.22. The van der Waals surface area contributed by atoms with Gasteiger partial charge in [0.2, 0.25) is 0 Å². The Bertz CT molecular complexity index is 646. The molecule has 0 aliphatic carbocycles. The smallest absolute Gasteiger partial charge is 0.122 e. The van der Waals surface area contributed by atoms with Gasteiger partial charge in [0.05, 0.1) is 7.11 Å². The third-order valence-corrected chi connectivity index (χ3v) is 4.13. The van der Waals surface area contributed by atoms with Crippen LogP contribution in [0.1, 0.15) is 23.1 Å². The molecule has 0 spiro atoms. The molecule has 1 N–H and O–H groups in total. The van der Waals surface area contributed by atoms with E-state index in [9.17, 15) is 0 Å². The molecular weight excluding hydrogens is 246 g/mol. The maximum absolute atomic E-state index is 5.42. The van der Waals surface area contributed by atoms with Crippen molar-refractivity contribution in [3.05, 3.63) is 47.0 Å². The Labute approximate surface area is 120 Å². The summed E-state index contributed by atoms with van der Waals surface area (Å²) in [7, 11) is 1.73.